The lowest BCUT2D eigenvalue weighted by atomic mass is 10.0. The number of carboxylic acids is 2. The Bertz CT molecular complexity index is 2800. The molecule has 32 nitrogen and oxygen atoms in total. The first-order valence-corrected chi connectivity index (χ1v) is 31.5. The van der Waals surface area contributed by atoms with Crippen LogP contribution in [0.15, 0.2) is 35.5 Å². The number of fused-ring (bicyclic) bond motifs is 1. The lowest BCUT2D eigenvalue weighted by Crippen LogP contribution is -2.61. The number of aliphatic hydroxyl groups excluding tert-OH is 2. The summed E-state index contributed by atoms with van der Waals surface area (Å²) in [5.41, 5.74) is 24.0. The van der Waals surface area contributed by atoms with E-state index in [4.69, 9.17) is 22.9 Å². The fourth-order valence-electron chi connectivity index (χ4n) is 9.25. The van der Waals surface area contributed by atoms with Crippen LogP contribution in [0.3, 0.4) is 0 Å². The lowest BCUT2D eigenvalue weighted by Gasteiger charge is -2.29. The maximum Gasteiger partial charge on any atom is 0.326 e. The van der Waals surface area contributed by atoms with Crippen molar-refractivity contribution in [1.29, 1.82) is 0 Å². The first-order valence-electron chi connectivity index (χ1n) is 30.1. The molecule has 0 aliphatic rings. The van der Waals surface area contributed by atoms with Crippen LogP contribution in [0.5, 0.6) is 0 Å². The molecule has 10 amide bonds. The zero-order chi connectivity index (χ0) is 68.7. The molecular formula is C58H96N16O16S. The number of amides is 10. The number of carboxylic acid groups (broad SMARTS) is 2. The number of H-pyrrole nitrogens is 1. The van der Waals surface area contributed by atoms with Gasteiger partial charge < -0.3 is 102 Å². The number of rotatable bonds is 43. The summed E-state index contributed by atoms with van der Waals surface area (Å²) < 4.78 is 0. The van der Waals surface area contributed by atoms with Crippen LogP contribution in [0.25, 0.3) is 10.9 Å². The van der Waals surface area contributed by atoms with Gasteiger partial charge in [0, 0.05) is 30.1 Å². The predicted molar refractivity (Wildman–Crippen MR) is 339 cm³/mol. The van der Waals surface area contributed by atoms with Gasteiger partial charge in [0.2, 0.25) is 59.1 Å². The highest BCUT2D eigenvalue weighted by molar-refractivity contribution is 7.98. The summed E-state index contributed by atoms with van der Waals surface area (Å²) >= 11 is 1.33. The monoisotopic (exact) mass is 1300 g/mol. The Labute approximate surface area is 533 Å². The van der Waals surface area contributed by atoms with Gasteiger partial charge in [-0.25, -0.2) is 4.79 Å². The topological polar surface area (TPSA) is 538 Å². The molecule has 33 heteroatoms. The number of para-hydroxylation sites is 1. The van der Waals surface area contributed by atoms with Crippen molar-refractivity contribution in [2.45, 2.75) is 179 Å². The summed E-state index contributed by atoms with van der Waals surface area (Å²) in [4.78, 5) is 168. The van der Waals surface area contributed by atoms with E-state index in [2.05, 4.69) is 63.1 Å². The van der Waals surface area contributed by atoms with Crippen LogP contribution in [0.2, 0.25) is 0 Å². The number of aliphatic hydroxyl groups is 2. The van der Waals surface area contributed by atoms with Gasteiger partial charge in [-0.2, -0.15) is 11.8 Å². The van der Waals surface area contributed by atoms with Gasteiger partial charge >= 0.3 is 11.9 Å². The molecule has 0 saturated heterocycles. The Morgan fingerprint density at radius 1 is 0.593 bits per heavy atom. The van der Waals surface area contributed by atoms with Gasteiger partial charge in [0.15, 0.2) is 5.96 Å². The average Bonchev–Trinajstić information content (AvgIpc) is 2.70. The Kier molecular flexibility index (Phi) is 35.2. The quantitative estimate of drug-likeness (QED) is 0.0172. The number of nitrogens with two attached hydrogens (primary N) is 4. The number of nitrogens with one attached hydrogen (secondary N) is 11. The maximum atomic E-state index is 14.2. The second kappa shape index (κ2) is 40.6. The fourth-order valence-corrected chi connectivity index (χ4v) is 9.73. The number of hydrogen-bond acceptors (Lipinski definition) is 18. The van der Waals surface area contributed by atoms with Gasteiger partial charge in [0.25, 0.3) is 0 Å². The molecule has 23 N–H and O–H groups in total. The van der Waals surface area contributed by atoms with Gasteiger partial charge in [0.05, 0.1) is 31.7 Å². The zero-order valence-electron chi connectivity index (χ0n) is 52.9. The number of guanidine groups is 1. The van der Waals surface area contributed by atoms with E-state index in [0.29, 0.717) is 24.2 Å². The standard InChI is InChI=1S/C58H96N16O16S/c1-29(2)22-35(60)48(80)72-43(28-75)54(86)68-38(17-13-20-63-58(61)62)49(81)69-39(18-21-91-8)50(82)67-37(16-11-12-19-59)51(83)73-46(31(5)6)56(88)74-47(32(7)76)55(87)65-27-44(77)66-41(25-45(78)79)53(85)70-40(23-30(3)4)52(84)71-42(57(89)90)24-33-26-64-36-15-10-9-14-34(33)36/h9-10,14-15,26,29-32,35,37-43,46-47,64,75-76H,11-13,16-25,27-28,59-60H2,1-8H3,(H,65,87)(H,66,77)(H,67,82)(H,68,86)(H,69,81)(H,70,85)(H,71,84)(H,72,80)(H,73,83)(H,74,88)(H,78,79)(H,89,90)(H4,61,62,63)/t32-,35+,37+,38+,39+,40+,41+,42+,43+,46+,47+/m1/s1. The molecule has 0 bridgehead atoms. The number of carbonyl (C=O) groups is 12. The van der Waals surface area contributed by atoms with Crippen molar-refractivity contribution >= 4 is 99.6 Å². The molecular weight excluding hydrogens is 1210 g/mol. The molecule has 0 unspecified atom stereocenters. The van der Waals surface area contributed by atoms with E-state index in [1.54, 1.807) is 64.4 Å². The molecule has 1 aromatic carbocycles. The highest BCUT2D eigenvalue weighted by Gasteiger charge is 2.37. The van der Waals surface area contributed by atoms with E-state index >= 15 is 0 Å². The number of aromatic nitrogens is 1. The third-order valence-corrected chi connectivity index (χ3v) is 14.7. The van der Waals surface area contributed by atoms with E-state index in [-0.39, 0.29) is 75.8 Å². The zero-order valence-corrected chi connectivity index (χ0v) is 53.7. The average molecular weight is 1310 g/mol. The van der Waals surface area contributed by atoms with Crippen LogP contribution >= 0.6 is 11.8 Å². The number of benzene rings is 1. The largest absolute Gasteiger partial charge is 0.481 e. The summed E-state index contributed by atoms with van der Waals surface area (Å²) in [6.45, 7) is 9.81. The molecule has 0 spiro atoms. The minimum Gasteiger partial charge on any atom is -0.481 e. The Morgan fingerprint density at radius 3 is 1.65 bits per heavy atom. The summed E-state index contributed by atoms with van der Waals surface area (Å²) in [5, 5.41) is 65.8. The van der Waals surface area contributed by atoms with Crippen molar-refractivity contribution in [3.05, 3.63) is 36.0 Å². The van der Waals surface area contributed by atoms with Crippen molar-refractivity contribution in [1.82, 2.24) is 58.2 Å². The number of unbranched alkanes of at least 4 members (excludes halogenated alkanes) is 1. The second-order valence-corrected chi connectivity index (χ2v) is 24.2. The van der Waals surface area contributed by atoms with Crippen LogP contribution in [0.4, 0.5) is 0 Å². The minimum absolute atomic E-state index is 0.0126. The Hall–Kier alpha value is -8.14. The van der Waals surface area contributed by atoms with E-state index in [1.165, 1.54) is 11.8 Å². The number of thioether (sulfide) groups is 1. The molecule has 1 heterocycles. The van der Waals surface area contributed by atoms with Crippen LogP contribution in [-0.4, -0.2) is 207 Å². The minimum atomic E-state index is -1.84. The van der Waals surface area contributed by atoms with E-state index in [1.807, 2.05) is 13.8 Å². The summed E-state index contributed by atoms with van der Waals surface area (Å²) in [7, 11) is 0. The SMILES string of the molecule is CSCC[C@H](NC(=O)[C@H](CCCN=C(N)N)NC(=O)[C@H](CO)NC(=O)[C@@H](N)CC(C)C)C(=O)N[C@@H](CCCCN)C(=O)N[C@H](C(=O)N[C@H](C(=O)NCC(=O)N[C@@H](CC(=O)O)C(=O)N[C@@H](CC(C)C)C(=O)N[C@@H](Cc1c[nH]c2ccccc12)C(=O)O)[C@@H](C)O)C(C)C. The number of hydrogen-bond donors (Lipinski definition) is 19. The number of aliphatic imine (C=N–C) groups is 1. The van der Waals surface area contributed by atoms with Crippen LogP contribution < -0.4 is 76.1 Å². The van der Waals surface area contributed by atoms with E-state index in [0.717, 1.165) is 17.8 Å². The Morgan fingerprint density at radius 2 is 1.11 bits per heavy atom. The summed E-state index contributed by atoms with van der Waals surface area (Å²) in [5.74, 6) is -13.3. The van der Waals surface area contributed by atoms with Gasteiger partial charge in [-0.1, -0.05) is 59.7 Å². The fraction of sp³-hybridized carbons (Fsp3) is 0.638. The smallest absolute Gasteiger partial charge is 0.326 e. The molecule has 0 aliphatic carbocycles. The van der Waals surface area contributed by atoms with Gasteiger partial charge in [0.1, 0.15) is 54.4 Å². The number of nitrogens with zero attached hydrogens (tertiary/aromatic N) is 1. The lowest BCUT2D eigenvalue weighted by molar-refractivity contribution is -0.143. The maximum absolute atomic E-state index is 14.2. The molecule has 2 rings (SSSR count). The molecule has 0 saturated carbocycles. The predicted octanol–water partition coefficient (Wildman–Crippen LogP) is -3.87. The van der Waals surface area contributed by atoms with Gasteiger partial charge in [-0.05, 0) is 106 Å². The number of aromatic amines is 1. The van der Waals surface area contributed by atoms with E-state index in [9.17, 15) is 78.0 Å². The molecule has 0 fully saturated rings. The first kappa shape index (κ1) is 79.0. The number of aliphatic carboxylic acids is 2. The van der Waals surface area contributed by atoms with Crippen molar-refractivity contribution in [2.24, 2.45) is 45.7 Å². The van der Waals surface area contributed by atoms with Crippen molar-refractivity contribution in [3.63, 3.8) is 0 Å². The van der Waals surface area contributed by atoms with Crippen LogP contribution in [0.1, 0.15) is 112 Å². The normalized spacial score (nSPS) is 14.9. The molecule has 0 radical (unpaired) electrons. The Balaban J connectivity index is 2.28. The van der Waals surface area contributed by atoms with E-state index < -0.39 is 163 Å². The molecule has 510 valence electrons. The molecule has 0 aliphatic heterocycles. The second-order valence-electron chi connectivity index (χ2n) is 23.2. The van der Waals surface area contributed by atoms with Crippen molar-refractivity contribution in [2.75, 3.05) is 38.2 Å². The summed E-state index contributed by atoms with van der Waals surface area (Å²) in [6, 6.07) is -7.39. The molecule has 2 aromatic rings. The highest BCUT2D eigenvalue weighted by atomic mass is 32.2. The van der Waals surface area contributed by atoms with Crippen molar-refractivity contribution in [3.8, 4) is 0 Å². The third kappa shape index (κ3) is 28.7. The molecule has 1 aromatic heterocycles. The van der Waals surface area contributed by atoms with Crippen molar-refractivity contribution < 1.29 is 78.0 Å². The van der Waals surface area contributed by atoms with Crippen LogP contribution in [0, 0.1) is 17.8 Å². The first-order chi connectivity index (χ1) is 42.8. The third-order valence-electron chi connectivity index (χ3n) is 14.1. The number of carbonyl (C=O) groups excluding carboxylic acids is 10. The van der Waals surface area contributed by atoms with Gasteiger partial charge in [-0.3, -0.25) is 57.7 Å². The highest BCUT2D eigenvalue weighted by Crippen LogP contribution is 2.20. The van der Waals surface area contributed by atoms with Gasteiger partial charge in [-0.15, -0.1) is 0 Å². The molecule has 91 heavy (non-hydrogen) atoms. The summed E-state index contributed by atoms with van der Waals surface area (Å²) in [6.07, 6.45) is 1.56. The molecule has 11 atom stereocenters. The van der Waals surface area contributed by atoms with Crippen LogP contribution in [-0.2, 0) is 64.0 Å².